The molecule has 0 saturated heterocycles. The van der Waals surface area contributed by atoms with Crippen LogP contribution in [0.15, 0.2) is 24.5 Å². The fraction of sp³-hybridized carbons (Fsp3) is 0.273. The SMILES string of the molecule is CCn1cnnc1-c1cc(C)cc([N+](=O)[O-])c1. The fourth-order valence-corrected chi connectivity index (χ4v) is 1.71. The Bertz CT molecular complexity index is 562. The highest BCUT2D eigenvalue weighted by Crippen LogP contribution is 2.24. The van der Waals surface area contributed by atoms with Crippen LogP contribution in [0.3, 0.4) is 0 Å². The standard InChI is InChI=1S/C11H12N4O2/c1-3-14-7-12-13-11(14)9-4-8(2)5-10(6-9)15(16)17/h4-7H,3H2,1-2H3. The average Bonchev–Trinajstić information content (AvgIpc) is 2.76. The van der Waals surface area contributed by atoms with E-state index >= 15 is 0 Å². The quantitative estimate of drug-likeness (QED) is 0.600. The monoisotopic (exact) mass is 232 g/mol. The van der Waals surface area contributed by atoms with E-state index in [2.05, 4.69) is 10.2 Å². The molecule has 88 valence electrons. The van der Waals surface area contributed by atoms with Gasteiger partial charge in [0, 0.05) is 24.2 Å². The van der Waals surface area contributed by atoms with Crippen LogP contribution in [0.25, 0.3) is 11.4 Å². The number of aryl methyl sites for hydroxylation is 2. The van der Waals surface area contributed by atoms with Crippen LogP contribution in [0.2, 0.25) is 0 Å². The third-order valence-corrected chi connectivity index (χ3v) is 2.49. The van der Waals surface area contributed by atoms with Crippen LogP contribution in [0.5, 0.6) is 0 Å². The van der Waals surface area contributed by atoms with Gasteiger partial charge in [0.1, 0.15) is 6.33 Å². The zero-order valence-electron chi connectivity index (χ0n) is 9.62. The van der Waals surface area contributed by atoms with Crippen molar-refractivity contribution in [1.29, 1.82) is 0 Å². The number of nitrogens with zero attached hydrogens (tertiary/aromatic N) is 4. The van der Waals surface area contributed by atoms with Crippen molar-refractivity contribution >= 4 is 5.69 Å². The first-order chi connectivity index (χ1) is 8.11. The molecule has 0 saturated carbocycles. The van der Waals surface area contributed by atoms with Crippen molar-refractivity contribution in [2.75, 3.05) is 0 Å². The smallest absolute Gasteiger partial charge is 0.270 e. The van der Waals surface area contributed by atoms with E-state index in [1.165, 1.54) is 12.1 Å². The molecule has 0 aliphatic heterocycles. The van der Waals surface area contributed by atoms with Crippen LogP contribution in [-0.4, -0.2) is 19.7 Å². The van der Waals surface area contributed by atoms with Gasteiger partial charge in [0.15, 0.2) is 5.82 Å². The van der Waals surface area contributed by atoms with Gasteiger partial charge in [0.05, 0.1) is 4.92 Å². The summed E-state index contributed by atoms with van der Waals surface area (Å²) >= 11 is 0. The predicted molar refractivity (Wildman–Crippen MR) is 62.5 cm³/mol. The molecule has 2 rings (SSSR count). The normalized spacial score (nSPS) is 10.5. The molecular formula is C11H12N4O2. The number of benzene rings is 1. The highest BCUT2D eigenvalue weighted by molar-refractivity contribution is 5.60. The Kier molecular flexibility index (Phi) is 2.86. The molecule has 0 N–H and O–H groups in total. The molecule has 0 fully saturated rings. The summed E-state index contributed by atoms with van der Waals surface area (Å²) in [5.74, 6) is 0.652. The van der Waals surface area contributed by atoms with E-state index in [-0.39, 0.29) is 5.69 Å². The lowest BCUT2D eigenvalue weighted by Gasteiger charge is -2.04. The fourth-order valence-electron chi connectivity index (χ4n) is 1.71. The minimum atomic E-state index is -0.400. The molecule has 6 nitrogen and oxygen atoms in total. The molecule has 17 heavy (non-hydrogen) atoms. The van der Waals surface area contributed by atoms with E-state index in [9.17, 15) is 10.1 Å². The van der Waals surface area contributed by atoms with E-state index in [0.29, 0.717) is 5.82 Å². The van der Waals surface area contributed by atoms with Crippen molar-refractivity contribution in [1.82, 2.24) is 14.8 Å². The van der Waals surface area contributed by atoms with E-state index in [0.717, 1.165) is 17.7 Å². The van der Waals surface area contributed by atoms with Gasteiger partial charge in [0.2, 0.25) is 0 Å². The molecule has 6 heteroatoms. The Morgan fingerprint density at radius 3 is 2.82 bits per heavy atom. The van der Waals surface area contributed by atoms with Gasteiger partial charge in [-0.2, -0.15) is 0 Å². The maximum Gasteiger partial charge on any atom is 0.270 e. The summed E-state index contributed by atoms with van der Waals surface area (Å²) in [5, 5.41) is 18.6. The first-order valence-electron chi connectivity index (χ1n) is 5.26. The van der Waals surface area contributed by atoms with Gasteiger partial charge in [-0.05, 0) is 25.5 Å². The first kappa shape index (κ1) is 11.3. The Labute approximate surface area is 98.1 Å². The maximum atomic E-state index is 10.8. The lowest BCUT2D eigenvalue weighted by atomic mass is 10.1. The molecule has 0 bridgehead atoms. The highest BCUT2D eigenvalue weighted by Gasteiger charge is 2.12. The number of nitro benzene ring substituents is 1. The van der Waals surface area contributed by atoms with Gasteiger partial charge in [-0.25, -0.2) is 0 Å². The summed E-state index contributed by atoms with van der Waals surface area (Å²) in [6, 6.07) is 4.92. The van der Waals surface area contributed by atoms with Crippen LogP contribution >= 0.6 is 0 Å². The summed E-state index contributed by atoms with van der Waals surface area (Å²) in [6.07, 6.45) is 1.61. The van der Waals surface area contributed by atoms with E-state index in [1.54, 1.807) is 6.33 Å². The van der Waals surface area contributed by atoms with Crippen molar-refractivity contribution in [3.63, 3.8) is 0 Å². The zero-order valence-corrected chi connectivity index (χ0v) is 9.62. The van der Waals surface area contributed by atoms with E-state index < -0.39 is 4.92 Å². The van der Waals surface area contributed by atoms with Crippen molar-refractivity contribution in [2.24, 2.45) is 0 Å². The third-order valence-electron chi connectivity index (χ3n) is 2.49. The van der Waals surface area contributed by atoms with Crippen LogP contribution in [0, 0.1) is 17.0 Å². The van der Waals surface area contributed by atoms with Gasteiger partial charge in [0.25, 0.3) is 5.69 Å². The molecule has 1 aromatic heterocycles. The molecule has 0 amide bonds. The molecule has 1 heterocycles. The minimum absolute atomic E-state index is 0.0747. The summed E-state index contributed by atoms with van der Waals surface area (Å²) in [4.78, 5) is 10.4. The molecular weight excluding hydrogens is 220 g/mol. The number of hydrogen-bond donors (Lipinski definition) is 0. The Hall–Kier alpha value is -2.24. The van der Waals surface area contributed by atoms with Gasteiger partial charge in [-0.15, -0.1) is 10.2 Å². The zero-order chi connectivity index (χ0) is 12.4. The van der Waals surface area contributed by atoms with Crippen LogP contribution in [0.1, 0.15) is 12.5 Å². The number of rotatable bonds is 3. The Morgan fingerprint density at radius 2 is 2.18 bits per heavy atom. The summed E-state index contributed by atoms with van der Waals surface area (Å²) in [6.45, 7) is 4.52. The minimum Gasteiger partial charge on any atom is -0.314 e. The summed E-state index contributed by atoms with van der Waals surface area (Å²) in [7, 11) is 0. The lowest BCUT2D eigenvalue weighted by Crippen LogP contribution is -1.97. The topological polar surface area (TPSA) is 73.8 Å². The lowest BCUT2D eigenvalue weighted by molar-refractivity contribution is -0.384. The molecule has 0 unspecified atom stereocenters. The molecule has 2 aromatic rings. The van der Waals surface area contributed by atoms with Crippen molar-refractivity contribution in [3.8, 4) is 11.4 Å². The van der Waals surface area contributed by atoms with Crippen molar-refractivity contribution in [2.45, 2.75) is 20.4 Å². The second-order valence-electron chi connectivity index (χ2n) is 3.75. The number of hydrogen-bond acceptors (Lipinski definition) is 4. The number of non-ortho nitro benzene ring substituents is 1. The van der Waals surface area contributed by atoms with E-state index in [4.69, 9.17) is 0 Å². The van der Waals surface area contributed by atoms with Crippen LogP contribution in [0.4, 0.5) is 5.69 Å². The van der Waals surface area contributed by atoms with E-state index in [1.807, 2.05) is 24.5 Å². The van der Waals surface area contributed by atoms with Gasteiger partial charge >= 0.3 is 0 Å². The van der Waals surface area contributed by atoms with Crippen LogP contribution in [-0.2, 0) is 6.54 Å². The molecule has 0 atom stereocenters. The second-order valence-corrected chi connectivity index (χ2v) is 3.75. The van der Waals surface area contributed by atoms with Gasteiger partial charge < -0.3 is 4.57 Å². The van der Waals surface area contributed by atoms with Gasteiger partial charge in [-0.3, -0.25) is 10.1 Å². The van der Waals surface area contributed by atoms with Crippen molar-refractivity contribution < 1.29 is 4.92 Å². The Balaban J connectivity index is 2.56. The summed E-state index contributed by atoms with van der Waals surface area (Å²) in [5.41, 5.74) is 1.63. The number of nitro groups is 1. The van der Waals surface area contributed by atoms with Gasteiger partial charge in [-0.1, -0.05) is 0 Å². The molecule has 0 aliphatic carbocycles. The first-order valence-corrected chi connectivity index (χ1v) is 5.26. The third kappa shape index (κ3) is 2.15. The average molecular weight is 232 g/mol. The van der Waals surface area contributed by atoms with Crippen molar-refractivity contribution in [3.05, 3.63) is 40.2 Å². The van der Waals surface area contributed by atoms with Crippen LogP contribution < -0.4 is 0 Å². The Morgan fingerprint density at radius 1 is 1.41 bits per heavy atom. The summed E-state index contributed by atoms with van der Waals surface area (Å²) < 4.78 is 1.85. The molecule has 0 aliphatic rings. The second kappa shape index (κ2) is 4.32. The maximum absolute atomic E-state index is 10.8. The largest absolute Gasteiger partial charge is 0.314 e. The predicted octanol–water partition coefficient (Wildman–Crippen LogP) is 2.18. The highest BCUT2D eigenvalue weighted by atomic mass is 16.6. The molecule has 1 aromatic carbocycles. The number of aromatic nitrogens is 3. The molecule has 0 radical (unpaired) electrons. The molecule has 0 spiro atoms.